The molecule has 0 N–H and O–H groups in total. The highest BCUT2D eigenvalue weighted by atomic mass is 16.5. The van der Waals surface area contributed by atoms with Crippen LogP contribution in [0.4, 0.5) is 0 Å². The first kappa shape index (κ1) is 9.92. The van der Waals surface area contributed by atoms with Crippen molar-refractivity contribution in [3.63, 3.8) is 0 Å². The summed E-state index contributed by atoms with van der Waals surface area (Å²) in [6.07, 6.45) is 0.956. The molecule has 0 radical (unpaired) electrons. The van der Waals surface area contributed by atoms with Gasteiger partial charge in [0.2, 0.25) is 0 Å². The van der Waals surface area contributed by atoms with Crippen molar-refractivity contribution in [2.75, 3.05) is 20.3 Å². The molecule has 0 saturated carbocycles. The molecule has 0 fully saturated rings. The van der Waals surface area contributed by atoms with Crippen LogP contribution < -0.4 is 0 Å². The second kappa shape index (κ2) is 4.69. The predicted molar refractivity (Wildman–Crippen MR) is 42.2 cm³/mol. The standard InChI is InChI=1S/C8H18O2/c1-5-10-8(2,3)6-7-9-4/h5-7H2,1-4H3. The molecule has 0 atom stereocenters. The molecule has 10 heavy (non-hydrogen) atoms. The maximum Gasteiger partial charge on any atom is 0.0648 e. The largest absolute Gasteiger partial charge is 0.385 e. The Labute approximate surface area is 63.5 Å². The van der Waals surface area contributed by atoms with Gasteiger partial charge in [-0.25, -0.2) is 0 Å². The number of hydrogen-bond acceptors (Lipinski definition) is 2. The van der Waals surface area contributed by atoms with Crippen LogP contribution in [0.3, 0.4) is 0 Å². The van der Waals surface area contributed by atoms with Gasteiger partial charge in [0.15, 0.2) is 0 Å². The summed E-state index contributed by atoms with van der Waals surface area (Å²) in [5, 5.41) is 0. The van der Waals surface area contributed by atoms with Crippen LogP contribution in [0.25, 0.3) is 0 Å². The van der Waals surface area contributed by atoms with Crippen molar-refractivity contribution in [3.05, 3.63) is 0 Å². The normalized spacial score (nSPS) is 12.0. The molecule has 0 aromatic heterocycles. The Hall–Kier alpha value is -0.0800. The zero-order valence-corrected chi connectivity index (χ0v) is 7.44. The first-order valence-electron chi connectivity index (χ1n) is 3.75. The fourth-order valence-electron chi connectivity index (χ4n) is 0.811. The van der Waals surface area contributed by atoms with E-state index in [1.54, 1.807) is 7.11 Å². The molecule has 0 saturated heterocycles. The van der Waals surface area contributed by atoms with Crippen LogP contribution in [0.15, 0.2) is 0 Å². The predicted octanol–water partition coefficient (Wildman–Crippen LogP) is 1.84. The Morgan fingerprint density at radius 3 is 2.30 bits per heavy atom. The quantitative estimate of drug-likeness (QED) is 0.589. The van der Waals surface area contributed by atoms with Crippen molar-refractivity contribution >= 4 is 0 Å². The topological polar surface area (TPSA) is 18.5 Å². The van der Waals surface area contributed by atoms with E-state index in [4.69, 9.17) is 9.47 Å². The van der Waals surface area contributed by atoms with E-state index in [2.05, 4.69) is 13.8 Å². The molecule has 0 aliphatic rings. The molecule has 2 heteroatoms. The van der Waals surface area contributed by atoms with E-state index < -0.39 is 0 Å². The van der Waals surface area contributed by atoms with Crippen LogP contribution in [0, 0.1) is 0 Å². The van der Waals surface area contributed by atoms with Crippen molar-refractivity contribution in [2.45, 2.75) is 32.8 Å². The molecule has 0 bridgehead atoms. The highest BCUT2D eigenvalue weighted by Crippen LogP contribution is 2.13. The van der Waals surface area contributed by atoms with E-state index in [-0.39, 0.29) is 5.60 Å². The second-order valence-electron chi connectivity index (χ2n) is 2.94. The van der Waals surface area contributed by atoms with Gasteiger partial charge < -0.3 is 9.47 Å². The minimum Gasteiger partial charge on any atom is -0.385 e. The molecule has 0 aromatic carbocycles. The summed E-state index contributed by atoms with van der Waals surface area (Å²) in [5.74, 6) is 0. The zero-order valence-electron chi connectivity index (χ0n) is 7.44. The Kier molecular flexibility index (Phi) is 4.65. The summed E-state index contributed by atoms with van der Waals surface area (Å²) >= 11 is 0. The highest BCUT2D eigenvalue weighted by molar-refractivity contribution is 4.66. The Bertz CT molecular complexity index is 79.3. The molecule has 0 heterocycles. The van der Waals surface area contributed by atoms with Gasteiger partial charge in [0.1, 0.15) is 0 Å². The van der Waals surface area contributed by atoms with Crippen molar-refractivity contribution < 1.29 is 9.47 Å². The van der Waals surface area contributed by atoms with Gasteiger partial charge in [0.25, 0.3) is 0 Å². The van der Waals surface area contributed by atoms with E-state index in [0.717, 1.165) is 19.6 Å². The lowest BCUT2D eigenvalue weighted by atomic mass is 10.1. The number of rotatable bonds is 5. The van der Waals surface area contributed by atoms with Crippen LogP contribution in [0.2, 0.25) is 0 Å². The monoisotopic (exact) mass is 146 g/mol. The summed E-state index contributed by atoms with van der Waals surface area (Å²) in [4.78, 5) is 0. The van der Waals surface area contributed by atoms with Gasteiger partial charge in [-0.1, -0.05) is 0 Å². The molecule has 0 amide bonds. The first-order valence-corrected chi connectivity index (χ1v) is 3.75. The minimum atomic E-state index is -0.0231. The van der Waals surface area contributed by atoms with Crippen LogP contribution in [-0.2, 0) is 9.47 Å². The number of methoxy groups -OCH3 is 1. The fourth-order valence-corrected chi connectivity index (χ4v) is 0.811. The van der Waals surface area contributed by atoms with Crippen LogP contribution in [-0.4, -0.2) is 25.9 Å². The Morgan fingerprint density at radius 1 is 1.30 bits per heavy atom. The lowest BCUT2D eigenvalue weighted by Gasteiger charge is -2.23. The van der Waals surface area contributed by atoms with Crippen LogP contribution in [0.1, 0.15) is 27.2 Å². The molecule has 2 nitrogen and oxygen atoms in total. The van der Waals surface area contributed by atoms with Crippen molar-refractivity contribution in [2.24, 2.45) is 0 Å². The third kappa shape index (κ3) is 4.77. The molecular formula is C8H18O2. The third-order valence-electron chi connectivity index (χ3n) is 1.44. The maximum atomic E-state index is 5.45. The van der Waals surface area contributed by atoms with Gasteiger partial charge in [0, 0.05) is 20.3 Å². The van der Waals surface area contributed by atoms with Crippen molar-refractivity contribution in [1.82, 2.24) is 0 Å². The minimum absolute atomic E-state index is 0.0231. The van der Waals surface area contributed by atoms with E-state index in [0.29, 0.717) is 0 Å². The molecule has 62 valence electrons. The number of ether oxygens (including phenoxy) is 2. The molecular weight excluding hydrogens is 128 g/mol. The van der Waals surface area contributed by atoms with E-state index in [1.165, 1.54) is 0 Å². The molecule has 0 aromatic rings. The van der Waals surface area contributed by atoms with E-state index >= 15 is 0 Å². The lowest BCUT2D eigenvalue weighted by Crippen LogP contribution is -2.25. The zero-order chi connectivity index (χ0) is 8.04. The lowest BCUT2D eigenvalue weighted by molar-refractivity contribution is -0.0300. The average molecular weight is 146 g/mol. The summed E-state index contributed by atoms with van der Waals surface area (Å²) in [6, 6.07) is 0. The summed E-state index contributed by atoms with van der Waals surface area (Å²) < 4.78 is 10.4. The summed E-state index contributed by atoms with van der Waals surface area (Å²) in [6.45, 7) is 7.71. The fraction of sp³-hybridized carbons (Fsp3) is 1.00. The Morgan fingerprint density at radius 2 is 1.90 bits per heavy atom. The van der Waals surface area contributed by atoms with Crippen LogP contribution in [0.5, 0.6) is 0 Å². The molecule has 0 spiro atoms. The smallest absolute Gasteiger partial charge is 0.0648 e. The third-order valence-corrected chi connectivity index (χ3v) is 1.44. The van der Waals surface area contributed by atoms with Gasteiger partial charge in [-0.15, -0.1) is 0 Å². The van der Waals surface area contributed by atoms with Gasteiger partial charge in [-0.3, -0.25) is 0 Å². The Balaban J connectivity index is 3.42. The summed E-state index contributed by atoms with van der Waals surface area (Å²) in [5.41, 5.74) is -0.0231. The molecule has 0 aliphatic carbocycles. The SMILES string of the molecule is CCOC(C)(C)CCOC. The van der Waals surface area contributed by atoms with Crippen LogP contribution >= 0.6 is 0 Å². The first-order chi connectivity index (χ1) is 4.62. The van der Waals surface area contributed by atoms with E-state index in [1.807, 2.05) is 6.92 Å². The van der Waals surface area contributed by atoms with Gasteiger partial charge in [-0.2, -0.15) is 0 Å². The maximum absolute atomic E-state index is 5.45. The highest BCUT2D eigenvalue weighted by Gasteiger charge is 2.16. The van der Waals surface area contributed by atoms with Gasteiger partial charge >= 0.3 is 0 Å². The van der Waals surface area contributed by atoms with Crippen molar-refractivity contribution in [1.29, 1.82) is 0 Å². The number of hydrogen-bond donors (Lipinski definition) is 0. The van der Waals surface area contributed by atoms with E-state index in [9.17, 15) is 0 Å². The molecule has 0 aliphatic heterocycles. The van der Waals surface area contributed by atoms with Crippen molar-refractivity contribution in [3.8, 4) is 0 Å². The van der Waals surface area contributed by atoms with Gasteiger partial charge in [0.05, 0.1) is 5.60 Å². The summed E-state index contributed by atoms with van der Waals surface area (Å²) in [7, 11) is 1.71. The average Bonchev–Trinajstić information content (AvgIpc) is 1.84. The second-order valence-corrected chi connectivity index (χ2v) is 2.94. The molecule has 0 unspecified atom stereocenters. The molecule has 0 rings (SSSR count). The van der Waals surface area contributed by atoms with Gasteiger partial charge in [-0.05, 0) is 27.2 Å².